The number of hydrogen-bond donors (Lipinski definition) is 8. The summed E-state index contributed by atoms with van der Waals surface area (Å²) < 4.78 is 0. The van der Waals surface area contributed by atoms with E-state index in [1.165, 1.54) is 95.3 Å². The number of Topliss-reactive ketones (excluding diaryl/α,β-unsaturated/α-hetero) is 1. The molecule has 15 heteroatoms. The minimum absolute atomic E-state index is 0.0562. The number of nitrogens with one attached hydrogen (secondary N) is 4. The summed E-state index contributed by atoms with van der Waals surface area (Å²) in [6, 6.07) is 17.0. The number of fused-ring (bicyclic) bond motifs is 5. The largest absolute Gasteiger partial charge is 0.507 e. The molecular weight excluding hydrogens is 865 g/mol. The van der Waals surface area contributed by atoms with E-state index >= 15 is 0 Å². The van der Waals surface area contributed by atoms with Gasteiger partial charge in [-0.15, -0.1) is 0 Å². The molecule has 1 aliphatic heterocycles. The van der Waals surface area contributed by atoms with Gasteiger partial charge < -0.3 is 47.2 Å². The maximum atomic E-state index is 14.5. The number of unbranched alkanes of at least 4 members (excludes halogenated alkanes) is 7. The molecule has 364 valence electrons. The van der Waals surface area contributed by atoms with E-state index in [9.17, 15) is 44.1 Å². The summed E-state index contributed by atoms with van der Waals surface area (Å²) in [6.45, 7) is 5.50. The van der Waals surface area contributed by atoms with Crippen LogP contribution in [0, 0.1) is 0 Å². The topological polar surface area (TPSA) is 242 Å². The van der Waals surface area contributed by atoms with E-state index in [0.29, 0.717) is 30.5 Å². The summed E-state index contributed by atoms with van der Waals surface area (Å²) in [6.07, 6.45) is 11.0. The molecule has 0 unspecified atom stereocenters. The normalized spacial score (nSPS) is 16.4. The van der Waals surface area contributed by atoms with Gasteiger partial charge >= 0.3 is 0 Å². The second kappa shape index (κ2) is 25.4. The van der Waals surface area contributed by atoms with Crippen molar-refractivity contribution in [2.45, 2.75) is 128 Å². The van der Waals surface area contributed by atoms with Crippen LogP contribution in [0.1, 0.15) is 124 Å². The molecule has 1 aliphatic rings. The van der Waals surface area contributed by atoms with Crippen molar-refractivity contribution < 1.29 is 49.8 Å². The monoisotopic (exact) mass is 934 g/mol. The molecule has 4 bridgehead atoms. The van der Waals surface area contributed by atoms with Crippen molar-refractivity contribution in [2.75, 3.05) is 20.1 Å². The van der Waals surface area contributed by atoms with Crippen molar-refractivity contribution in [2.24, 2.45) is 0 Å². The maximum absolute atomic E-state index is 14.5. The van der Waals surface area contributed by atoms with Crippen LogP contribution in [0.2, 0.25) is 0 Å². The fraction of sp³-hybridized carbons (Fsp3) is 0.434. The third-order valence-electron chi connectivity index (χ3n) is 12.5. The molecule has 5 rings (SSSR count). The zero-order chi connectivity index (χ0) is 49.3. The zero-order valence-corrected chi connectivity index (χ0v) is 39.9. The predicted molar refractivity (Wildman–Crippen MR) is 260 cm³/mol. The Labute approximate surface area is 399 Å². The van der Waals surface area contributed by atoms with E-state index in [1.807, 2.05) is 12.1 Å². The third-order valence-corrected chi connectivity index (χ3v) is 12.5. The highest BCUT2D eigenvalue weighted by atomic mass is 16.3. The third kappa shape index (κ3) is 14.4. The number of carbonyl (C=O) groups excluding carboxylic acids is 6. The number of quaternary nitrogens is 1. The van der Waals surface area contributed by atoms with Crippen LogP contribution in [0.3, 0.4) is 0 Å². The Morgan fingerprint density at radius 2 is 1.44 bits per heavy atom. The van der Waals surface area contributed by atoms with Crippen LogP contribution in [0.5, 0.6) is 17.2 Å². The fourth-order valence-electron chi connectivity index (χ4n) is 8.47. The summed E-state index contributed by atoms with van der Waals surface area (Å²) in [5, 5.41) is 43.7. The number of phenols is 3. The van der Waals surface area contributed by atoms with Crippen molar-refractivity contribution in [1.29, 1.82) is 0 Å². The number of benzene rings is 4. The average Bonchev–Trinajstić information content (AvgIpc) is 3.31. The number of likely N-dealkylation sites (N-methyl/N-ethyl adjacent to an activating group) is 1. The van der Waals surface area contributed by atoms with Gasteiger partial charge in [-0.25, -0.2) is 0 Å². The number of phenolic OH excluding ortho intramolecular Hbond substituents is 3. The molecule has 0 aliphatic carbocycles. The first-order valence-electron chi connectivity index (χ1n) is 23.9. The van der Waals surface area contributed by atoms with E-state index in [4.69, 9.17) is 0 Å². The Bertz CT molecular complexity index is 2400. The number of carbonyl (C=O) groups is 6. The highest BCUT2D eigenvalue weighted by Crippen LogP contribution is 2.39. The molecule has 1 heterocycles. The summed E-state index contributed by atoms with van der Waals surface area (Å²) in [4.78, 5) is 82.5. The first-order chi connectivity index (χ1) is 32.6. The van der Waals surface area contributed by atoms with Crippen LogP contribution in [0.4, 0.5) is 0 Å². The molecule has 4 aromatic rings. The summed E-state index contributed by atoms with van der Waals surface area (Å²) in [5.41, 5.74) is 7.91. The number of ketones is 1. The van der Waals surface area contributed by atoms with E-state index in [0.717, 1.165) is 23.3 Å². The van der Waals surface area contributed by atoms with Crippen LogP contribution in [-0.4, -0.2) is 93.8 Å². The number of aromatic hydroxyl groups is 3. The molecule has 0 saturated heterocycles. The predicted octanol–water partition coefficient (Wildman–Crippen LogP) is 5.78. The number of hydrogen-bond acceptors (Lipinski definition) is 9. The standard InChI is InChI=1S/C53H68N6O9/c1-5-6-7-8-9-10-11-14-35-16-19-37(20-17-35)40-23-21-39(32-47(40)63)51(66)55-28-26-48(64)57-43(15-12-13-27-54)53(68)59(4)49-38-22-25-46(62)42(31-38)41-29-36(18-24-45(41)61)30-44(34(3)60)58-50(65)33(2)56-52(49)67/h16-25,29,31-33,43-44,49,61-63H,5-15,26-28,30,54H2,1-4H3,(H,55,66)(H,56,67)(H,57,64)(H,58,65)/p+1/t33-,43-,44-,49-/m0/s1. The Morgan fingerprint density at radius 3 is 2.12 bits per heavy atom. The molecule has 0 saturated carbocycles. The molecule has 4 aromatic carbocycles. The van der Waals surface area contributed by atoms with Crippen molar-refractivity contribution in [3.05, 3.63) is 101 Å². The van der Waals surface area contributed by atoms with Gasteiger partial charge in [-0.2, -0.15) is 0 Å². The molecule has 0 radical (unpaired) electrons. The van der Waals surface area contributed by atoms with Gasteiger partial charge in [0, 0.05) is 42.3 Å². The fourth-order valence-corrected chi connectivity index (χ4v) is 8.47. The van der Waals surface area contributed by atoms with Gasteiger partial charge in [0.25, 0.3) is 5.91 Å². The van der Waals surface area contributed by atoms with Crippen LogP contribution in [0.25, 0.3) is 22.3 Å². The number of amides is 5. The van der Waals surface area contributed by atoms with E-state index in [-0.39, 0.29) is 71.1 Å². The highest BCUT2D eigenvalue weighted by molar-refractivity contribution is 5.97. The van der Waals surface area contributed by atoms with Gasteiger partial charge in [-0.05, 0) is 117 Å². The molecule has 5 amide bonds. The van der Waals surface area contributed by atoms with E-state index in [1.54, 1.807) is 24.3 Å². The quantitative estimate of drug-likeness (QED) is 0.0472. The van der Waals surface area contributed by atoms with E-state index in [2.05, 4.69) is 46.1 Å². The Kier molecular flexibility index (Phi) is 19.5. The lowest BCUT2D eigenvalue weighted by Gasteiger charge is -2.32. The van der Waals surface area contributed by atoms with E-state index < -0.39 is 53.7 Å². The lowest BCUT2D eigenvalue weighted by molar-refractivity contribution is -0.368. The average molecular weight is 934 g/mol. The molecule has 0 aromatic heterocycles. The Morgan fingerprint density at radius 1 is 0.765 bits per heavy atom. The van der Waals surface area contributed by atoms with Crippen LogP contribution in [0.15, 0.2) is 78.9 Å². The second-order valence-electron chi connectivity index (χ2n) is 17.9. The molecule has 68 heavy (non-hydrogen) atoms. The lowest BCUT2D eigenvalue weighted by atomic mass is 9.93. The van der Waals surface area contributed by atoms with Crippen molar-refractivity contribution in [3.63, 3.8) is 0 Å². The van der Waals surface area contributed by atoms with Crippen molar-refractivity contribution in [1.82, 2.24) is 26.2 Å². The van der Waals surface area contributed by atoms with Gasteiger partial charge in [0.1, 0.15) is 35.4 Å². The SMILES string of the molecule is CCCCCCCCCc1ccc(-c2ccc(C(=O)NCCC(=O)N[C@@H](CCCC[NH3+])C(=O)N(C)[C@@H]3C(=O)N[C@@H](C)C(=O)N[C@H](C(C)=O)Cc4ccc(O)c(c4)-c4cc3ccc4O)cc2O)cc1. The Hall–Kier alpha value is -6.74. The summed E-state index contributed by atoms with van der Waals surface area (Å²) in [7, 11) is 1.39. The molecule has 10 N–H and O–H groups in total. The number of rotatable bonds is 21. The molecule has 15 nitrogen and oxygen atoms in total. The summed E-state index contributed by atoms with van der Waals surface area (Å²) >= 11 is 0. The highest BCUT2D eigenvalue weighted by Gasteiger charge is 2.35. The first-order valence-corrected chi connectivity index (χ1v) is 23.9. The minimum Gasteiger partial charge on any atom is -0.507 e. The van der Waals surface area contributed by atoms with Crippen molar-refractivity contribution >= 4 is 35.3 Å². The lowest BCUT2D eigenvalue weighted by Crippen LogP contribution is -2.54. The van der Waals surface area contributed by atoms with Crippen LogP contribution < -0.4 is 27.0 Å². The molecule has 0 fully saturated rings. The van der Waals surface area contributed by atoms with Crippen molar-refractivity contribution in [3.8, 4) is 39.5 Å². The maximum Gasteiger partial charge on any atom is 0.251 e. The van der Waals surface area contributed by atoms with Gasteiger partial charge in [0.2, 0.25) is 23.6 Å². The smallest absolute Gasteiger partial charge is 0.251 e. The number of aryl methyl sites for hydroxylation is 1. The first kappa shape index (κ1) is 52.2. The van der Waals surface area contributed by atoms with Gasteiger partial charge in [-0.1, -0.05) is 81.8 Å². The molecule has 4 atom stereocenters. The summed E-state index contributed by atoms with van der Waals surface area (Å²) in [5.74, 6) is -3.87. The number of nitrogens with zero attached hydrogens (tertiary/aromatic N) is 1. The van der Waals surface area contributed by atoms with Crippen LogP contribution in [-0.2, 0) is 36.8 Å². The molecular formula is C53H69N6O9+. The molecule has 0 spiro atoms. The second-order valence-corrected chi connectivity index (χ2v) is 17.9. The Balaban J connectivity index is 1.26. The minimum atomic E-state index is -1.40. The van der Waals surface area contributed by atoms with Gasteiger partial charge in [0.05, 0.1) is 12.6 Å². The van der Waals surface area contributed by atoms with Gasteiger partial charge in [-0.3, -0.25) is 28.8 Å². The zero-order valence-electron chi connectivity index (χ0n) is 39.9. The van der Waals surface area contributed by atoms with Gasteiger partial charge in [0.15, 0.2) is 5.78 Å². The van der Waals surface area contributed by atoms with Crippen LogP contribution >= 0.6 is 0 Å².